The Kier molecular flexibility index (Phi) is 6.93. The van der Waals surface area contributed by atoms with Crippen LogP contribution in [0.15, 0.2) is 169 Å². The number of hydrogen-bond donors (Lipinski definition) is 2. The van der Waals surface area contributed by atoms with Gasteiger partial charge in [-0.3, -0.25) is 0 Å². The number of ether oxygens (including phenoxy) is 1. The van der Waals surface area contributed by atoms with Crippen molar-refractivity contribution in [3.05, 3.63) is 186 Å². The molecule has 2 aliphatic heterocycles. The largest absolute Gasteiger partial charge is 0.464 e. The van der Waals surface area contributed by atoms with Gasteiger partial charge < -0.3 is 15.4 Å². The van der Waals surface area contributed by atoms with E-state index in [1.807, 2.05) is 30.3 Å². The topological polar surface area (TPSA) is 45.7 Å². The van der Waals surface area contributed by atoms with Crippen molar-refractivity contribution in [1.29, 1.82) is 0 Å². The highest BCUT2D eigenvalue weighted by Gasteiger charge is 2.25. The number of hydrogen-bond acceptors (Lipinski definition) is 4. The Morgan fingerprint density at radius 3 is 1.80 bits per heavy atom. The third-order valence-corrected chi connectivity index (χ3v) is 8.35. The van der Waals surface area contributed by atoms with Gasteiger partial charge in [0.05, 0.1) is 17.4 Å². The smallest absolute Gasteiger partial charge is 0.196 e. The third kappa shape index (κ3) is 5.50. The first-order chi connectivity index (χ1) is 22.3. The second-order valence-electron chi connectivity index (χ2n) is 11.3. The Bertz CT molecular complexity index is 2020. The van der Waals surface area contributed by atoms with E-state index < -0.39 is 0 Å². The molecule has 0 bridgehead atoms. The minimum absolute atomic E-state index is 0.0784. The Morgan fingerprint density at radius 1 is 0.467 bits per heavy atom. The van der Waals surface area contributed by atoms with Gasteiger partial charge in [-0.25, -0.2) is 4.99 Å². The molecule has 0 saturated carbocycles. The fourth-order valence-corrected chi connectivity index (χ4v) is 6.04. The van der Waals surface area contributed by atoms with Gasteiger partial charge in [0.2, 0.25) is 0 Å². The second kappa shape index (κ2) is 11.7. The molecule has 2 aliphatic rings. The number of rotatable bonds is 6. The third-order valence-electron chi connectivity index (χ3n) is 8.35. The van der Waals surface area contributed by atoms with E-state index >= 15 is 0 Å². The highest BCUT2D eigenvalue weighted by atomic mass is 16.5. The zero-order valence-corrected chi connectivity index (χ0v) is 24.6. The molecule has 216 valence electrons. The van der Waals surface area contributed by atoms with Crippen LogP contribution in [0.4, 0.5) is 5.69 Å². The van der Waals surface area contributed by atoms with Crippen molar-refractivity contribution in [3.8, 4) is 28.0 Å². The van der Waals surface area contributed by atoms with Crippen molar-refractivity contribution in [2.45, 2.75) is 12.3 Å². The van der Waals surface area contributed by atoms with Gasteiger partial charge in [-0.15, -0.1) is 0 Å². The van der Waals surface area contributed by atoms with E-state index in [1.54, 1.807) is 0 Å². The number of anilines is 1. The second-order valence-corrected chi connectivity index (χ2v) is 11.3. The molecule has 0 aromatic heterocycles. The molecule has 45 heavy (non-hydrogen) atoms. The first-order valence-electron chi connectivity index (χ1n) is 15.3. The van der Waals surface area contributed by atoms with E-state index in [4.69, 9.17) is 9.73 Å². The maximum absolute atomic E-state index is 6.24. The summed E-state index contributed by atoms with van der Waals surface area (Å²) in [5, 5.41) is 7.26. The zero-order valence-electron chi connectivity index (χ0n) is 24.6. The van der Waals surface area contributed by atoms with Crippen LogP contribution < -0.4 is 15.4 Å². The summed E-state index contributed by atoms with van der Waals surface area (Å²) in [6.45, 7) is 0. The Balaban J connectivity index is 1.18. The molecule has 2 heterocycles. The van der Waals surface area contributed by atoms with Gasteiger partial charge in [0.15, 0.2) is 6.23 Å². The van der Waals surface area contributed by atoms with Gasteiger partial charge in [-0.05, 0) is 64.2 Å². The maximum Gasteiger partial charge on any atom is 0.196 e. The van der Waals surface area contributed by atoms with Crippen LogP contribution in [-0.2, 0) is 0 Å². The van der Waals surface area contributed by atoms with Crippen molar-refractivity contribution in [1.82, 2.24) is 5.32 Å². The van der Waals surface area contributed by atoms with Crippen molar-refractivity contribution in [2.24, 2.45) is 4.99 Å². The zero-order chi connectivity index (χ0) is 30.0. The molecule has 4 heteroatoms. The van der Waals surface area contributed by atoms with Gasteiger partial charge in [-0.2, -0.15) is 0 Å². The molecule has 0 radical (unpaired) electrons. The summed E-state index contributed by atoms with van der Waals surface area (Å²) in [6, 6.07) is 54.8. The highest BCUT2D eigenvalue weighted by molar-refractivity contribution is 6.03. The molecule has 0 aliphatic carbocycles. The summed E-state index contributed by atoms with van der Waals surface area (Å²) in [5.41, 5.74) is 11.0. The molecule has 6 aromatic rings. The summed E-state index contributed by atoms with van der Waals surface area (Å²) in [4.78, 5) is 5.23. The van der Waals surface area contributed by atoms with Crippen LogP contribution in [0, 0.1) is 0 Å². The van der Waals surface area contributed by atoms with Crippen LogP contribution in [0.5, 0.6) is 5.75 Å². The molecule has 4 nitrogen and oxygen atoms in total. The lowest BCUT2D eigenvalue weighted by Crippen LogP contribution is -2.31. The average molecular weight is 582 g/mol. The Morgan fingerprint density at radius 2 is 1.04 bits per heavy atom. The lowest BCUT2D eigenvalue weighted by atomic mass is 9.95. The van der Waals surface area contributed by atoms with E-state index in [9.17, 15) is 0 Å². The molecule has 0 amide bonds. The van der Waals surface area contributed by atoms with Crippen molar-refractivity contribution < 1.29 is 4.74 Å². The fraction of sp³-hybridized carbons (Fsp3) is 0.0488. The fourth-order valence-electron chi connectivity index (χ4n) is 6.04. The van der Waals surface area contributed by atoms with Crippen molar-refractivity contribution in [3.63, 3.8) is 0 Å². The molecule has 2 N–H and O–H groups in total. The molecule has 8 rings (SSSR count). The number of nitrogens with zero attached hydrogens (tertiary/aromatic N) is 1. The monoisotopic (exact) mass is 581 g/mol. The summed E-state index contributed by atoms with van der Waals surface area (Å²) >= 11 is 0. The molecule has 0 spiro atoms. The highest BCUT2D eigenvalue weighted by Crippen LogP contribution is 2.38. The molecule has 0 fully saturated rings. The minimum Gasteiger partial charge on any atom is -0.464 e. The van der Waals surface area contributed by atoms with Crippen LogP contribution in [-0.4, -0.2) is 5.84 Å². The van der Waals surface area contributed by atoms with E-state index in [0.29, 0.717) is 0 Å². The van der Waals surface area contributed by atoms with Crippen LogP contribution in [0.25, 0.3) is 28.0 Å². The Hall–Kier alpha value is -5.87. The summed E-state index contributed by atoms with van der Waals surface area (Å²) < 4.78 is 6.24. The summed E-state index contributed by atoms with van der Waals surface area (Å²) in [7, 11) is 0. The molecule has 2 unspecified atom stereocenters. The number of aliphatic imine (C=N–C) groups is 1. The number of nitrogens with one attached hydrogen (secondary N) is 2. The maximum atomic E-state index is 6.24. The first kappa shape index (κ1) is 26.7. The van der Waals surface area contributed by atoms with Gasteiger partial charge in [0.1, 0.15) is 11.6 Å². The normalized spacial score (nSPS) is 16.8. The van der Waals surface area contributed by atoms with E-state index in [-0.39, 0.29) is 12.3 Å². The van der Waals surface area contributed by atoms with Crippen LogP contribution in [0.2, 0.25) is 0 Å². The van der Waals surface area contributed by atoms with Crippen LogP contribution in [0.3, 0.4) is 0 Å². The number of amidine groups is 1. The van der Waals surface area contributed by atoms with Crippen LogP contribution in [0.1, 0.15) is 34.5 Å². The summed E-state index contributed by atoms with van der Waals surface area (Å²) in [5.74, 6) is 1.69. The van der Waals surface area contributed by atoms with E-state index in [1.165, 1.54) is 22.3 Å². The molecule has 2 atom stereocenters. The molecular weight excluding hydrogens is 550 g/mol. The average Bonchev–Trinajstić information content (AvgIpc) is 3.57. The quantitative estimate of drug-likeness (QED) is 0.206. The van der Waals surface area contributed by atoms with Crippen molar-refractivity contribution >= 4 is 17.2 Å². The van der Waals surface area contributed by atoms with Gasteiger partial charge >= 0.3 is 0 Å². The van der Waals surface area contributed by atoms with Gasteiger partial charge in [0, 0.05) is 16.7 Å². The predicted octanol–water partition coefficient (Wildman–Crippen LogP) is 9.66. The van der Waals surface area contributed by atoms with Crippen molar-refractivity contribution in [2.75, 3.05) is 5.32 Å². The van der Waals surface area contributed by atoms with E-state index in [0.717, 1.165) is 45.2 Å². The molecule has 6 aromatic carbocycles. The standard InChI is InChI=1S/C41H31N3O/c1-3-12-28(13-4-1)30-16-9-18-32(24-30)37-27-38(33-19-10-17-31(25-33)29-14-5-2-6-15-29)43-40(42-37)34-20-11-21-35(26-34)41-44-36-22-7-8-23-39(36)45-41/h1-27,37,41,44H,(H,42,43). The molecule has 0 saturated heterocycles. The Labute approximate surface area is 263 Å². The lowest BCUT2D eigenvalue weighted by Gasteiger charge is -2.25. The van der Waals surface area contributed by atoms with Crippen LogP contribution >= 0.6 is 0 Å². The number of para-hydroxylation sites is 2. The van der Waals surface area contributed by atoms with E-state index in [2.05, 4.69) is 144 Å². The predicted molar refractivity (Wildman–Crippen MR) is 184 cm³/mol. The number of fused-ring (bicyclic) bond motifs is 1. The minimum atomic E-state index is -0.262. The molecular formula is C41H31N3O. The van der Waals surface area contributed by atoms with Gasteiger partial charge in [-0.1, -0.05) is 127 Å². The summed E-state index contributed by atoms with van der Waals surface area (Å²) in [6.07, 6.45) is 1.97. The number of benzene rings is 6. The van der Waals surface area contributed by atoms with Gasteiger partial charge in [0.25, 0.3) is 0 Å². The lowest BCUT2D eigenvalue weighted by molar-refractivity contribution is 0.260. The SMILES string of the molecule is C1=C(c2cccc(-c3ccccc3)c2)N=C(c2cccc(C3Nc4ccccc4O3)c2)NC1c1cccc(-c2ccccc2)c1. The first-order valence-corrected chi connectivity index (χ1v) is 15.3.